The van der Waals surface area contributed by atoms with Crippen LogP contribution in [0.3, 0.4) is 0 Å². The summed E-state index contributed by atoms with van der Waals surface area (Å²) >= 11 is 4.56. The maximum Gasteiger partial charge on any atom is 0.432 e. The van der Waals surface area contributed by atoms with E-state index in [1.807, 2.05) is 19.1 Å². The molecular weight excluding hydrogens is 616 g/mol. The lowest BCUT2D eigenvalue weighted by atomic mass is 9.99. The quantitative estimate of drug-likeness (QED) is 0.0790. The molecule has 11 heteroatoms. The zero-order valence-electron chi connectivity index (χ0n) is 23.7. The van der Waals surface area contributed by atoms with E-state index in [0.717, 1.165) is 24.6 Å². The minimum Gasteiger partial charge on any atom is -0.429 e. The fraction of sp³-hybridized carbons (Fsp3) is 0.206. The van der Waals surface area contributed by atoms with Crippen molar-refractivity contribution in [1.29, 1.82) is 0 Å². The lowest BCUT2D eigenvalue weighted by molar-refractivity contribution is -0.198. The first-order valence-electron chi connectivity index (χ1n) is 13.8. The minimum atomic E-state index is -4.51. The van der Waals surface area contributed by atoms with Crippen LogP contribution in [-0.4, -0.2) is 18.4 Å². The molecule has 0 amide bonds. The standard InChI is InChI=1S/C34H25F6NO3S/c1-2-3-4-20-17-42-33(43-18-20)23-14-30(37)32(31(38)15-23)34(39,40)44-25-10-12-27(29(36)16-25)22-7-11-26(28(35)13-22)21-5-8-24(9-6-21)41-19-45/h3-16,20,33H,2,17-18H2,1H3/b4-3+. The number of isothiocyanates is 1. The van der Waals surface area contributed by atoms with Crippen molar-refractivity contribution in [3.63, 3.8) is 0 Å². The topological polar surface area (TPSA) is 40.0 Å². The number of hydrogen-bond donors (Lipinski definition) is 0. The molecule has 4 aromatic rings. The molecule has 4 nitrogen and oxygen atoms in total. The molecule has 45 heavy (non-hydrogen) atoms. The number of ether oxygens (including phenoxy) is 3. The molecule has 5 rings (SSSR count). The average Bonchev–Trinajstić information content (AvgIpc) is 3.00. The van der Waals surface area contributed by atoms with Gasteiger partial charge in [0.15, 0.2) is 6.29 Å². The predicted octanol–water partition coefficient (Wildman–Crippen LogP) is 10.1. The Morgan fingerprint density at radius 3 is 2.04 bits per heavy atom. The van der Waals surface area contributed by atoms with Crippen molar-refractivity contribution in [2.45, 2.75) is 25.7 Å². The zero-order chi connectivity index (χ0) is 32.1. The first-order valence-corrected chi connectivity index (χ1v) is 14.2. The van der Waals surface area contributed by atoms with Crippen LogP contribution in [0.1, 0.15) is 30.8 Å². The van der Waals surface area contributed by atoms with Crippen molar-refractivity contribution in [3.8, 4) is 28.0 Å². The third kappa shape index (κ3) is 7.34. The molecule has 232 valence electrons. The van der Waals surface area contributed by atoms with E-state index in [-0.39, 0.29) is 41.4 Å². The van der Waals surface area contributed by atoms with Crippen LogP contribution < -0.4 is 4.74 Å². The summed E-state index contributed by atoms with van der Waals surface area (Å²) in [6.45, 7) is 2.41. The van der Waals surface area contributed by atoms with Gasteiger partial charge in [0.1, 0.15) is 34.6 Å². The number of rotatable bonds is 9. The number of allylic oxidation sites excluding steroid dienone is 1. The lowest BCUT2D eigenvalue weighted by Gasteiger charge is -2.28. The zero-order valence-corrected chi connectivity index (χ0v) is 24.5. The molecule has 1 aliphatic rings. The third-order valence-electron chi connectivity index (χ3n) is 7.01. The molecule has 1 fully saturated rings. The van der Waals surface area contributed by atoms with Gasteiger partial charge in [0, 0.05) is 28.7 Å². The van der Waals surface area contributed by atoms with Crippen molar-refractivity contribution in [2.24, 2.45) is 10.9 Å². The van der Waals surface area contributed by atoms with E-state index in [2.05, 4.69) is 27.1 Å². The second kappa shape index (κ2) is 13.8. The van der Waals surface area contributed by atoms with E-state index < -0.39 is 47.0 Å². The van der Waals surface area contributed by atoms with Crippen LogP contribution in [0.25, 0.3) is 22.3 Å². The van der Waals surface area contributed by atoms with Gasteiger partial charge in [0.2, 0.25) is 0 Å². The van der Waals surface area contributed by atoms with Gasteiger partial charge in [0.05, 0.1) is 24.1 Å². The largest absolute Gasteiger partial charge is 0.432 e. The van der Waals surface area contributed by atoms with Crippen molar-refractivity contribution in [2.75, 3.05) is 13.2 Å². The molecule has 4 aromatic carbocycles. The molecular formula is C34H25F6NO3S. The Morgan fingerprint density at radius 2 is 1.44 bits per heavy atom. The van der Waals surface area contributed by atoms with Gasteiger partial charge in [0.25, 0.3) is 0 Å². The van der Waals surface area contributed by atoms with Gasteiger partial charge in [-0.25, -0.2) is 17.6 Å². The Morgan fingerprint density at radius 1 is 0.844 bits per heavy atom. The number of aliphatic imine (C=N–C) groups is 1. The highest BCUT2D eigenvalue weighted by atomic mass is 32.1. The molecule has 0 aliphatic carbocycles. The fourth-order valence-electron chi connectivity index (χ4n) is 4.83. The normalized spacial score (nSPS) is 16.9. The molecule has 0 unspecified atom stereocenters. The lowest BCUT2D eigenvalue weighted by Crippen LogP contribution is -2.28. The van der Waals surface area contributed by atoms with Gasteiger partial charge >= 0.3 is 6.11 Å². The summed E-state index contributed by atoms with van der Waals surface area (Å²) < 4.78 is 105. The Hall–Kier alpha value is -4.28. The monoisotopic (exact) mass is 641 g/mol. The third-order valence-corrected chi connectivity index (χ3v) is 7.11. The number of alkyl halides is 2. The van der Waals surface area contributed by atoms with Crippen molar-refractivity contribution in [1.82, 2.24) is 0 Å². The van der Waals surface area contributed by atoms with Gasteiger partial charge in [-0.15, -0.1) is 0 Å². The van der Waals surface area contributed by atoms with Crippen LogP contribution >= 0.6 is 12.2 Å². The second-order valence-electron chi connectivity index (χ2n) is 10.2. The van der Waals surface area contributed by atoms with Crippen LogP contribution in [0.5, 0.6) is 5.75 Å². The molecule has 0 bridgehead atoms. The van der Waals surface area contributed by atoms with Crippen molar-refractivity contribution < 1.29 is 40.6 Å². The summed E-state index contributed by atoms with van der Waals surface area (Å²) in [5.41, 5.74) is -0.440. The van der Waals surface area contributed by atoms with E-state index in [1.54, 1.807) is 24.3 Å². The molecule has 0 saturated carbocycles. The summed E-state index contributed by atoms with van der Waals surface area (Å²) in [7, 11) is 0. The smallest absolute Gasteiger partial charge is 0.429 e. The highest BCUT2D eigenvalue weighted by Gasteiger charge is 2.42. The highest BCUT2D eigenvalue weighted by molar-refractivity contribution is 7.78. The first-order chi connectivity index (χ1) is 21.6. The number of thiocarbonyl (C=S) groups is 1. The molecule has 0 N–H and O–H groups in total. The van der Waals surface area contributed by atoms with Crippen LogP contribution in [0.2, 0.25) is 0 Å². The minimum absolute atomic E-state index is 0.0431. The number of benzene rings is 4. The van der Waals surface area contributed by atoms with Crippen LogP contribution in [-0.2, 0) is 15.6 Å². The Bertz CT molecular complexity index is 1740. The van der Waals surface area contributed by atoms with Crippen LogP contribution in [0, 0.1) is 29.2 Å². The van der Waals surface area contributed by atoms with Crippen LogP contribution in [0.4, 0.5) is 32.0 Å². The van der Waals surface area contributed by atoms with Gasteiger partial charge in [-0.05, 0) is 72.2 Å². The summed E-state index contributed by atoms with van der Waals surface area (Å²) in [5, 5.41) is 2.24. The summed E-state index contributed by atoms with van der Waals surface area (Å²) in [6, 6.07) is 14.6. The highest BCUT2D eigenvalue weighted by Crippen LogP contribution is 2.39. The van der Waals surface area contributed by atoms with E-state index in [9.17, 15) is 13.2 Å². The Balaban J connectivity index is 1.31. The first kappa shape index (κ1) is 32.1. The number of halogens is 6. The molecule has 1 saturated heterocycles. The molecule has 0 radical (unpaired) electrons. The van der Waals surface area contributed by atoms with Crippen molar-refractivity contribution >= 4 is 23.1 Å². The summed E-state index contributed by atoms with van der Waals surface area (Å²) in [6.07, 6.45) is -0.985. The Labute approximate surface area is 260 Å². The SMILES string of the molecule is CC/C=C/C1COC(c2cc(F)c(C(F)(F)Oc3ccc(-c4ccc(-c5ccc(N=C=S)cc5)c(F)c4)c(F)c3)c(F)c2)OC1. The Kier molecular flexibility index (Phi) is 9.84. The maximum absolute atomic E-state index is 15.0. The number of hydrogen-bond acceptors (Lipinski definition) is 5. The van der Waals surface area contributed by atoms with Crippen LogP contribution in [0.15, 0.2) is 89.9 Å². The summed E-state index contributed by atoms with van der Waals surface area (Å²) in [5.74, 6) is -5.61. The predicted molar refractivity (Wildman–Crippen MR) is 160 cm³/mol. The summed E-state index contributed by atoms with van der Waals surface area (Å²) in [4.78, 5) is 3.84. The van der Waals surface area contributed by atoms with E-state index >= 15 is 13.2 Å². The van der Waals surface area contributed by atoms with E-state index in [4.69, 9.17) is 9.47 Å². The van der Waals surface area contributed by atoms with Gasteiger partial charge in [-0.3, -0.25) is 0 Å². The van der Waals surface area contributed by atoms with E-state index in [1.165, 1.54) is 12.1 Å². The van der Waals surface area contributed by atoms with Crippen molar-refractivity contribution in [3.05, 3.63) is 119 Å². The van der Waals surface area contributed by atoms with E-state index in [0.29, 0.717) is 29.4 Å². The maximum atomic E-state index is 15.0. The fourth-order valence-corrected chi connectivity index (χ4v) is 4.94. The second-order valence-corrected chi connectivity index (χ2v) is 10.3. The molecule has 0 atom stereocenters. The number of nitrogens with zero attached hydrogens (tertiary/aromatic N) is 1. The molecule has 0 spiro atoms. The van der Waals surface area contributed by atoms with Gasteiger partial charge in [-0.1, -0.05) is 43.3 Å². The molecule has 0 aromatic heterocycles. The van der Waals surface area contributed by atoms with Gasteiger partial charge < -0.3 is 14.2 Å². The molecule has 1 aliphatic heterocycles. The average molecular weight is 642 g/mol. The van der Waals surface area contributed by atoms with Gasteiger partial charge in [-0.2, -0.15) is 13.8 Å². The molecule has 1 heterocycles.